The molecule has 0 nitrogen and oxygen atoms in total. The second-order valence-corrected chi connectivity index (χ2v) is 10.6. The lowest BCUT2D eigenvalue weighted by Gasteiger charge is -2.28. The minimum atomic E-state index is -4.72. The quantitative estimate of drug-likeness (QED) is 0.270. The molecule has 2 aliphatic carbocycles. The Balaban J connectivity index is 1.43. The van der Waals surface area contributed by atoms with E-state index in [1.165, 1.54) is 12.1 Å². The minimum absolute atomic E-state index is 0.0853. The van der Waals surface area contributed by atoms with E-state index in [1.54, 1.807) is 12.1 Å². The van der Waals surface area contributed by atoms with E-state index >= 15 is 0 Å². The van der Waals surface area contributed by atoms with Gasteiger partial charge in [0, 0.05) is 17.0 Å². The summed E-state index contributed by atoms with van der Waals surface area (Å²) in [4.78, 5) is 0. The summed E-state index contributed by atoms with van der Waals surface area (Å²) in [5.41, 5.74) is 1.25. The zero-order valence-corrected chi connectivity index (χ0v) is 20.7. The van der Waals surface area contributed by atoms with Crippen LogP contribution in [-0.4, -0.2) is 6.18 Å². The molecule has 0 bridgehead atoms. The van der Waals surface area contributed by atoms with Crippen molar-refractivity contribution in [2.75, 3.05) is 0 Å². The highest BCUT2D eigenvalue weighted by molar-refractivity contribution is 5.83. The second-order valence-electron chi connectivity index (χ2n) is 10.6. The van der Waals surface area contributed by atoms with E-state index in [4.69, 9.17) is 0 Å². The molecular formula is C30H31F7. The number of allylic oxidation sites excluding steroid dienone is 2. The van der Waals surface area contributed by atoms with Crippen molar-refractivity contribution in [2.24, 2.45) is 11.8 Å². The monoisotopic (exact) mass is 524 g/mol. The lowest BCUT2D eigenvalue weighted by atomic mass is 9.78. The maximum absolute atomic E-state index is 14.9. The number of rotatable bonds is 5. The molecule has 0 atom stereocenters. The molecule has 0 aromatic heterocycles. The van der Waals surface area contributed by atoms with E-state index < -0.39 is 35.4 Å². The fraction of sp³-hybridized carbons (Fsp3) is 0.467. The SMILES string of the molecule is CC1CCC(c2ccc(/C(F)=C(\F)c3ccc(C4CCC(/C(F)=C/C(F)(F)F)CC4)c(F)c3)cc2)CC1. The Morgan fingerprint density at radius 2 is 1.27 bits per heavy atom. The number of alkyl halides is 3. The first-order valence-corrected chi connectivity index (χ1v) is 12.9. The summed E-state index contributed by atoms with van der Waals surface area (Å²) in [5, 5.41) is 0. The molecule has 0 heterocycles. The third-order valence-electron chi connectivity index (χ3n) is 7.96. The Hall–Kier alpha value is -2.57. The zero-order chi connectivity index (χ0) is 26.7. The molecule has 0 saturated heterocycles. The average molecular weight is 525 g/mol. The number of halogens is 7. The molecule has 4 rings (SSSR count). The van der Waals surface area contributed by atoms with Crippen molar-refractivity contribution in [3.05, 3.63) is 82.4 Å². The molecule has 0 radical (unpaired) electrons. The van der Waals surface area contributed by atoms with Gasteiger partial charge in [-0.15, -0.1) is 0 Å². The van der Waals surface area contributed by atoms with E-state index in [1.807, 2.05) is 12.1 Å². The zero-order valence-electron chi connectivity index (χ0n) is 20.7. The van der Waals surface area contributed by atoms with Gasteiger partial charge in [0.2, 0.25) is 0 Å². The molecule has 0 unspecified atom stereocenters. The van der Waals surface area contributed by atoms with Crippen LogP contribution in [0.15, 0.2) is 54.4 Å². The van der Waals surface area contributed by atoms with Crippen molar-refractivity contribution in [1.29, 1.82) is 0 Å². The predicted octanol–water partition coefficient (Wildman–Crippen LogP) is 10.6. The van der Waals surface area contributed by atoms with Crippen LogP contribution in [0.3, 0.4) is 0 Å². The van der Waals surface area contributed by atoms with Gasteiger partial charge >= 0.3 is 6.18 Å². The van der Waals surface area contributed by atoms with Crippen molar-refractivity contribution in [1.82, 2.24) is 0 Å². The molecule has 0 N–H and O–H groups in total. The van der Waals surface area contributed by atoms with Crippen LogP contribution < -0.4 is 0 Å². The van der Waals surface area contributed by atoms with Crippen molar-refractivity contribution >= 4 is 11.7 Å². The smallest absolute Gasteiger partial charge is 0.212 e. The lowest BCUT2D eigenvalue weighted by Crippen LogP contribution is -2.16. The van der Waals surface area contributed by atoms with Gasteiger partial charge in [0.1, 0.15) is 11.6 Å². The normalized spacial score (nSPS) is 26.1. The predicted molar refractivity (Wildman–Crippen MR) is 132 cm³/mol. The molecule has 37 heavy (non-hydrogen) atoms. The molecule has 2 saturated carbocycles. The second kappa shape index (κ2) is 11.4. The molecule has 2 aromatic carbocycles. The summed E-state index contributed by atoms with van der Waals surface area (Å²) in [5.74, 6) is -4.16. The van der Waals surface area contributed by atoms with Gasteiger partial charge in [-0.05, 0) is 73.5 Å². The van der Waals surface area contributed by atoms with E-state index in [0.29, 0.717) is 18.8 Å². The first-order valence-electron chi connectivity index (χ1n) is 12.9. The van der Waals surface area contributed by atoms with Gasteiger partial charge in [-0.3, -0.25) is 0 Å². The Morgan fingerprint density at radius 1 is 0.730 bits per heavy atom. The molecule has 2 fully saturated rings. The summed E-state index contributed by atoms with van der Waals surface area (Å²) in [6, 6.07) is 10.4. The highest BCUT2D eigenvalue weighted by Crippen LogP contribution is 2.42. The van der Waals surface area contributed by atoms with Crippen molar-refractivity contribution in [3.8, 4) is 0 Å². The van der Waals surface area contributed by atoms with Crippen LogP contribution >= 0.6 is 0 Å². The fourth-order valence-corrected chi connectivity index (χ4v) is 5.70. The van der Waals surface area contributed by atoms with Gasteiger partial charge in [-0.25, -0.2) is 17.6 Å². The van der Waals surface area contributed by atoms with Crippen LogP contribution in [-0.2, 0) is 0 Å². The molecule has 7 heteroatoms. The Morgan fingerprint density at radius 3 is 1.84 bits per heavy atom. The largest absolute Gasteiger partial charge is 0.412 e. The van der Waals surface area contributed by atoms with E-state index in [0.717, 1.165) is 43.2 Å². The van der Waals surface area contributed by atoms with Gasteiger partial charge in [0.05, 0.1) is 6.08 Å². The third kappa shape index (κ3) is 6.85. The molecule has 2 aromatic rings. The highest BCUT2D eigenvalue weighted by Gasteiger charge is 2.31. The summed E-state index contributed by atoms with van der Waals surface area (Å²) in [6.07, 6.45) is 0.366. The molecule has 0 spiro atoms. The number of hydrogen-bond donors (Lipinski definition) is 0. The Kier molecular flexibility index (Phi) is 8.49. The first-order chi connectivity index (χ1) is 17.5. The van der Waals surface area contributed by atoms with Crippen LogP contribution in [0, 0.1) is 17.7 Å². The van der Waals surface area contributed by atoms with Gasteiger partial charge in [0.15, 0.2) is 11.7 Å². The van der Waals surface area contributed by atoms with Crippen molar-refractivity contribution in [2.45, 2.75) is 76.3 Å². The van der Waals surface area contributed by atoms with E-state index in [9.17, 15) is 30.7 Å². The maximum atomic E-state index is 14.9. The fourth-order valence-electron chi connectivity index (χ4n) is 5.70. The van der Waals surface area contributed by atoms with Crippen molar-refractivity contribution in [3.63, 3.8) is 0 Å². The van der Waals surface area contributed by atoms with Crippen LogP contribution in [0.5, 0.6) is 0 Å². The average Bonchev–Trinajstić information content (AvgIpc) is 2.87. The minimum Gasteiger partial charge on any atom is -0.212 e. The molecule has 0 amide bonds. The lowest BCUT2D eigenvalue weighted by molar-refractivity contribution is -0.0820. The Bertz CT molecular complexity index is 1130. The topological polar surface area (TPSA) is 0 Å². The van der Waals surface area contributed by atoms with Crippen LogP contribution in [0.4, 0.5) is 30.7 Å². The molecule has 0 aliphatic heterocycles. The van der Waals surface area contributed by atoms with Gasteiger partial charge < -0.3 is 0 Å². The Labute approximate surface area is 213 Å². The first kappa shape index (κ1) is 27.5. The number of benzene rings is 2. The van der Waals surface area contributed by atoms with E-state index in [2.05, 4.69) is 6.92 Å². The summed E-state index contributed by atoms with van der Waals surface area (Å²) < 4.78 is 95.8. The molecule has 2 aliphatic rings. The highest BCUT2D eigenvalue weighted by atomic mass is 19.4. The maximum Gasteiger partial charge on any atom is 0.412 e. The summed E-state index contributed by atoms with van der Waals surface area (Å²) in [7, 11) is 0. The summed E-state index contributed by atoms with van der Waals surface area (Å²) in [6.45, 7) is 2.24. The standard InChI is InChI=1S/C30H31F7/c1-18-2-4-19(5-3-18)20-6-12-23(13-7-20)28(33)29(34)24-14-15-25(26(31)16-24)21-8-10-22(11-9-21)27(32)17-30(35,36)37/h6-7,12-19,21-22H,2-5,8-11H2,1H3/b27-17-,29-28+. The van der Waals surface area contributed by atoms with Gasteiger partial charge in [0.25, 0.3) is 0 Å². The van der Waals surface area contributed by atoms with Crippen molar-refractivity contribution < 1.29 is 30.7 Å². The van der Waals surface area contributed by atoms with Gasteiger partial charge in [-0.1, -0.05) is 56.2 Å². The van der Waals surface area contributed by atoms with Crippen LogP contribution in [0.2, 0.25) is 0 Å². The number of hydrogen-bond acceptors (Lipinski definition) is 0. The van der Waals surface area contributed by atoms with Gasteiger partial charge in [-0.2, -0.15) is 13.2 Å². The van der Waals surface area contributed by atoms with Crippen LogP contribution in [0.25, 0.3) is 11.7 Å². The molecule has 200 valence electrons. The molecular weight excluding hydrogens is 493 g/mol. The third-order valence-corrected chi connectivity index (χ3v) is 7.96. The van der Waals surface area contributed by atoms with E-state index in [-0.39, 0.29) is 41.5 Å². The van der Waals surface area contributed by atoms with Crippen LogP contribution in [0.1, 0.15) is 92.4 Å². The summed E-state index contributed by atoms with van der Waals surface area (Å²) >= 11 is 0.